The first kappa shape index (κ1) is 15.8. The SMILES string of the molecule is COCc1ccc(C(=O)N[C@H]2CCO[C@@H]2c2cnn(C)c2C)o1. The lowest BCUT2D eigenvalue weighted by atomic mass is 10.0. The van der Waals surface area contributed by atoms with Gasteiger partial charge < -0.3 is 19.2 Å². The minimum atomic E-state index is -0.241. The second-order valence-electron chi connectivity index (χ2n) is 5.67. The van der Waals surface area contributed by atoms with Crippen LogP contribution in [-0.4, -0.2) is 35.4 Å². The maximum absolute atomic E-state index is 12.4. The molecule has 0 spiro atoms. The van der Waals surface area contributed by atoms with E-state index in [-0.39, 0.29) is 23.8 Å². The summed E-state index contributed by atoms with van der Waals surface area (Å²) in [7, 11) is 3.47. The van der Waals surface area contributed by atoms with Crippen LogP contribution in [0.15, 0.2) is 22.7 Å². The molecule has 0 radical (unpaired) electrons. The van der Waals surface area contributed by atoms with Gasteiger partial charge in [0, 0.05) is 32.0 Å². The van der Waals surface area contributed by atoms with Crippen molar-refractivity contribution in [2.45, 2.75) is 32.1 Å². The number of nitrogens with zero attached hydrogens (tertiary/aromatic N) is 2. The zero-order valence-electron chi connectivity index (χ0n) is 13.5. The van der Waals surface area contributed by atoms with Crippen LogP contribution in [0.25, 0.3) is 0 Å². The molecule has 2 atom stereocenters. The van der Waals surface area contributed by atoms with Gasteiger partial charge in [-0.15, -0.1) is 0 Å². The van der Waals surface area contributed by atoms with Crippen LogP contribution in [0, 0.1) is 6.92 Å². The van der Waals surface area contributed by atoms with E-state index in [2.05, 4.69) is 10.4 Å². The molecule has 23 heavy (non-hydrogen) atoms. The molecule has 3 rings (SSSR count). The van der Waals surface area contributed by atoms with Crippen LogP contribution in [0.1, 0.15) is 40.1 Å². The van der Waals surface area contributed by atoms with Crippen LogP contribution in [0.4, 0.5) is 0 Å². The molecule has 2 aromatic rings. The van der Waals surface area contributed by atoms with Crippen molar-refractivity contribution >= 4 is 5.91 Å². The zero-order chi connectivity index (χ0) is 16.4. The highest BCUT2D eigenvalue weighted by molar-refractivity contribution is 5.91. The third-order valence-electron chi connectivity index (χ3n) is 4.16. The molecule has 0 unspecified atom stereocenters. The summed E-state index contributed by atoms with van der Waals surface area (Å²) in [6, 6.07) is 3.30. The number of ether oxygens (including phenoxy) is 2. The van der Waals surface area contributed by atoms with Gasteiger partial charge in [-0.25, -0.2) is 0 Å². The van der Waals surface area contributed by atoms with E-state index in [1.807, 2.05) is 14.0 Å². The highest BCUT2D eigenvalue weighted by atomic mass is 16.5. The Kier molecular flexibility index (Phi) is 4.49. The highest BCUT2D eigenvalue weighted by Crippen LogP contribution is 2.31. The number of rotatable bonds is 5. The van der Waals surface area contributed by atoms with Crippen molar-refractivity contribution in [3.05, 3.63) is 41.1 Å². The molecule has 124 valence electrons. The number of nitrogens with one attached hydrogen (secondary N) is 1. The largest absolute Gasteiger partial charge is 0.453 e. The first-order chi connectivity index (χ1) is 11.1. The number of amides is 1. The van der Waals surface area contributed by atoms with Crippen LogP contribution in [0.5, 0.6) is 0 Å². The van der Waals surface area contributed by atoms with Crippen molar-refractivity contribution in [2.75, 3.05) is 13.7 Å². The van der Waals surface area contributed by atoms with E-state index < -0.39 is 0 Å². The molecule has 1 saturated heterocycles. The summed E-state index contributed by atoms with van der Waals surface area (Å²) >= 11 is 0. The molecule has 0 aliphatic carbocycles. The van der Waals surface area contributed by atoms with E-state index in [1.54, 1.807) is 30.1 Å². The molecule has 0 saturated carbocycles. The van der Waals surface area contributed by atoms with Gasteiger partial charge in [0.1, 0.15) is 18.5 Å². The van der Waals surface area contributed by atoms with Crippen LogP contribution < -0.4 is 5.32 Å². The molecule has 7 nitrogen and oxygen atoms in total. The Morgan fingerprint density at radius 1 is 1.52 bits per heavy atom. The quantitative estimate of drug-likeness (QED) is 0.908. The van der Waals surface area contributed by atoms with Crippen molar-refractivity contribution in [3.63, 3.8) is 0 Å². The number of carbonyl (C=O) groups is 1. The Morgan fingerprint density at radius 2 is 2.35 bits per heavy atom. The normalized spacial score (nSPS) is 20.8. The van der Waals surface area contributed by atoms with Crippen LogP contribution in [0.2, 0.25) is 0 Å². The van der Waals surface area contributed by atoms with Gasteiger partial charge >= 0.3 is 0 Å². The zero-order valence-corrected chi connectivity index (χ0v) is 13.5. The molecular weight excluding hydrogens is 298 g/mol. The summed E-state index contributed by atoms with van der Waals surface area (Å²) in [6.45, 7) is 2.95. The van der Waals surface area contributed by atoms with Crippen molar-refractivity contribution in [2.24, 2.45) is 7.05 Å². The molecule has 1 fully saturated rings. The van der Waals surface area contributed by atoms with Gasteiger partial charge in [0.05, 0.1) is 12.2 Å². The molecule has 0 bridgehead atoms. The molecule has 1 amide bonds. The first-order valence-electron chi connectivity index (χ1n) is 7.58. The Morgan fingerprint density at radius 3 is 3.04 bits per heavy atom. The topological polar surface area (TPSA) is 78.5 Å². The van der Waals surface area contributed by atoms with Gasteiger partial charge in [-0.3, -0.25) is 9.48 Å². The fourth-order valence-corrected chi connectivity index (χ4v) is 2.80. The third-order valence-corrected chi connectivity index (χ3v) is 4.16. The van der Waals surface area contributed by atoms with E-state index in [0.717, 1.165) is 17.7 Å². The number of aromatic nitrogens is 2. The monoisotopic (exact) mass is 319 g/mol. The van der Waals surface area contributed by atoms with Gasteiger partial charge in [-0.2, -0.15) is 5.10 Å². The molecular formula is C16H21N3O4. The Labute approximate surface area is 134 Å². The molecule has 1 aliphatic heterocycles. The van der Waals surface area contributed by atoms with E-state index in [4.69, 9.17) is 13.9 Å². The second kappa shape index (κ2) is 6.55. The number of aryl methyl sites for hydroxylation is 1. The summed E-state index contributed by atoms with van der Waals surface area (Å²) < 4.78 is 18.1. The molecule has 1 aliphatic rings. The van der Waals surface area contributed by atoms with Gasteiger partial charge in [0.2, 0.25) is 0 Å². The molecule has 0 aromatic carbocycles. The molecule has 7 heteroatoms. The summed E-state index contributed by atoms with van der Waals surface area (Å²) in [4.78, 5) is 12.4. The molecule has 1 N–H and O–H groups in total. The van der Waals surface area contributed by atoms with Gasteiger partial charge in [-0.05, 0) is 25.5 Å². The maximum atomic E-state index is 12.4. The van der Waals surface area contributed by atoms with Crippen LogP contribution >= 0.6 is 0 Å². The van der Waals surface area contributed by atoms with Gasteiger partial charge in [0.25, 0.3) is 5.91 Å². The van der Waals surface area contributed by atoms with Crippen molar-refractivity contribution in [1.29, 1.82) is 0 Å². The lowest BCUT2D eigenvalue weighted by Crippen LogP contribution is -2.36. The van der Waals surface area contributed by atoms with Gasteiger partial charge in [-0.1, -0.05) is 0 Å². The maximum Gasteiger partial charge on any atom is 0.287 e. The van der Waals surface area contributed by atoms with Crippen molar-refractivity contribution < 1.29 is 18.7 Å². The predicted octanol–water partition coefficient (Wildman–Crippen LogP) is 1.73. The Balaban J connectivity index is 1.70. The minimum Gasteiger partial charge on any atom is -0.453 e. The first-order valence-corrected chi connectivity index (χ1v) is 7.58. The Hall–Kier alpha value is -2.12. The Bertz CT molecular complexity index is 691. The van der Waals surface area contributed by atoms with E-state index in [0.29, 0.717) is 19.0 Å². The average molecular weight is 319 g/mol. The second-order valence-corrected chi connectivity index (χ2v) is 5.67. The number of hydrogen-bond donors (Lipinski definition) is 1. The summed E-state index contributed by atoms with van der Waals surface area (Å²) in [5, 5.41) is 7.25. The standard InChI is InChI=1S/C16H21N3O4/c1-10-12(8-17-19(10)2)15-13(6-7-22-15)18-16(20)14-5-4-11(23-14)9-21-3/h4-5,8,13,15H,6-7,9H2,1-3H3,(H,18,20)/t13-,15+/m0/s1. The number of furan rings is 1. The van der Waals surface area contributed by atoms with E-state index >= 15 is 0 Å². The predicted molar refractivity (Wildman–Crippen MR) is 81.9 cm³/mol. The van der Waals surface area contributed by atoms with E-state index in [9.17, 15) is 4.79 Å². The fraction of sp³-hybridized carbons (Fsp3) is 0.500. The number of hydrogen-bond acceptors (Lipinski definition) is 5. The minimum absolute atomic E-state index is 0.0959. The fourth-order valence-electron chi connectivity index (χ4n) is 2.80. The third kappa shape index (κ3) is 3.16. The van der Waals surface area contributed by atoms with Crippen molar-refractivity contribution in [3.8, 4) is 0 Å². The summed E-state index contributed by atoms with van der Waals surface area (Å²) in [6.07, 6.45) is 2.38. The average Bonchev–Trinajstić information content (AvgIpc) is 3.23. The lowest BCUT2D eigenvalue weighted by molar-refractivity contribution is 0.0794. The molecule has 2 aromatic heterocycles. The smallest absolute Gasteiger partial charge is 0.287 e. The lowest BCUT2D eigenvalue weighted by Gasteiger charge is -2.19. The van der Waals surface area contributed by atoms with Crippen molar-refractivity contribution in [1.82, 2.24) is 15.1 Å². The van der Waals surface area contributed by atoms with Crippen LogP contribution in [-0.2, 0) is 23.1 Å². The summed E-state index contributed by atoms with van der Waals surface area (Å²) in [5.41, 5.74) is 2.05. The highest BCUT2D eigenvalue weighted by Gasteiger charge is 2.33. The summed E-state index contributed by atoms with van der Waals surface area (Å²) in [5.74, 6) is 0.667. The number of methoxy groups -OCH3 is 1. The van der Waals surface area contributed by atoms with Crippen LogP contribution in [0.3, 0.4) is 0 Å². The molecule has 3 heterocycles. The number of carbonyl (C=O) groups excluding carboxylic acids is 1. The van der Waals surface area contributed by atoms with E-state index in [1.165, 1.54) is 0 Å². The van der Waals surface area contributed by atoms with Gasteiger partial charge in [0.15, 0.2) is 5.76 Å².